The van der Waals surface area contributed by atoms with Crippen LogP contribution >= 0.6 is 27.3 Å². The van der Waals surface area contributed by atoms with Crippen LogP contribution in [0.1, 0.15) is 47.3 Å². The number of halogens is 3. The fourth-order valence-corrected chi connectivity index (χ4v) is 4.81. The van der Waals surface area contributed by atoms with Crippen LogP contribution in [-0.4, -0.2) is 25.3 Å². The van der Waals surface area contributed by atoms with E-state index in [0.717, 1.165) is 22.4 Å². The molecule has 0 aromatic carbocycles. The summed E-state index contributed by atoms with van der Waals surface area (Å²) in [6.07, 6.45) is -1.01. The molecule has 0 atom stereocenters. The van der Waals surface area contributed by atoms with E-state index in [9.17, 15) is 18.4 Å². The number of hydrogen-bond acceptors (Lipinski definition) is 5. The molecule has 3 aromatic rings. The molecule has 0 unspecified atom stereocenters. The highest BCUT2D eigenvalue weighted by Gasteiger charge is 2.34. The first-order chi connectivity index (χ1) is 13.3. The van der Waals surface area contributed by atoms with Gasteiger partial charge in [0.1, 0.15) is 22.9 Å². The van der Waals surface area contributed by atoms with Crippen molar-refractivity contribution < 1.29 is 13.6 Å². The van der Waals surface area contributed by atoms with Gasteiger partial charge in [0.2, 0.25) is 0 Å². The molecule has 148 valence electrons. The summed E-state index contributed by atoms with van der Waals surface area (Å²) in [7, 11) is 0. The fraction of sp³-hybridized carbons (Fsp3) is 0.412. The number of aromatic nitrogens is 4. The SMILES string of the molecule is Cc1cc2c(=O)n(NC(=O)Cn3nc(C(F)F)c(Br)c3C3CC3)c(C)nc2s1. The van der Waals surface area contributed by atoms with Crippen molar-refractivity contribution in [1.29, 1.82) is 0 Å². The molecular weight excluding hydrogens is 456 g/mol. The molecule has 1 aliphatic rings. The number of aryl methyl sites for hydroxylation is 2. The number of nitrogens with zero attached hydrogens (tertiary/aromatic N) is 4. The minimum atomic E-state index is -2.74. The Morgan fingerprint density at radius 1 is 1.43 bits per heavy atom. The zero-order valence-electron chi connectivity index (χ0n) is 15.0. The molecule has 0 spiro atoms. The number of nitrogens with one attached hydrogen (secondary N) is 1. The Labute approximate surface area is 170 Å². The molecule has 0 aliphatic heterocycles. The van der Waals surface area contributed by atoms with Gasteiger partial charge in [0.05, 0.1) is 15.6 Å². The minimum Gasteiger partial charge on any atom is -0.271 e. The number of amides is 1. The first-order valence-corrected chi connectivity index (χ1v) is 10.2. The van der Waals surface area contributed by atoms with Crippen molar-refractivity contribution in [2.45, 2.75) is 45.6 Å². The average Bonchev–Trinajstić information content (AvgIpc) is 3.29. The van der Waals surface area contributed by atoms with Crippen molar-refractivity contribution in [1.82, 2.24) is 19.4 Å². The molecule has 0 bridgehead atoms. The quantitative estimate of drug-likeness (QED) is 0.615. The molecule has 7 nitrogen and oxygen atoms in total. The van der Waals surface area contributed by atoms with E-state index in [4.69, 9.17) is 0 Å². The minimum absolute atomic E-state index is 0.110. The topological polar surface area (TPSA) is 81.8 Å². The molecule has 3 heterocycles. The van der Waals surface area contributed by atoms with Crippen molar-refractivity contribution in [2.75, 3.05) is 5.43 Å². The van der Waals surface area contributed by atoms with E-state index in [-0.39, 0.29) is 28.2 Å². The van der Waals surface area contributed by atoms with Gasteiger partial charge in [-0.25, -0.2) is 18.4 Å². The molecule has 4 rings (SSSR count). The number of carbonyl (C=O) groups is 1. The van der Waals surface area contributed by atoms with Gasteiger partial charge in [-0.3, -0.25) is 19.7 Å². The molecule has 1 amide bonds. The molecule has 0 saturated heterocycles. The number of carbonyl (C=O) groups excluding carboxylic acids is 1. The second-order valence-corrected chi connectivity index (χ2v) is 8.76. The third kappa shape index (κ3) is 3.37. The van der Waals surface area contributed by atoms with Gasteiger partial charge in [0.25, 0.3) is 17.9 Å². The monoisotopic (exact) mass is 471 g/mol. The highest BCUT2D eigenvalue weighted by atomic mass is 79.9. The lowest BCUT2D eigenvalue weighted by Crippen LogP contribution is -2.37. The Kier molecular flexibility index (Phi) is 4.82. The maximum Gasteiger partial charge on any atom is 0.283 e. The normalized spacial score (nSPS) is 14.2. The van der Waals surface area contributed by atoms with Crippen LogP contribution in [0.2, 0.25) is 0 Å². The zero-order valence-corrected chi connectivity index (χ0v) is 17.4. The lowest BCUT2D eigenvalue weighted by molar-refractivity contribution is -0.117. The molecule has 1 aliphatic carbocycles. The predicted molar refractivity (Wildman–Crippen MR) is 105 cm³/mol. The first kappa shape index (κ1) is 19.2. The van der Waals surface area contributed by atoms with Crippen LogP contribution in [0.5, 0.6) is 0 Å². The Bertz CT molecular complexity index is 1150. The average molecular weight is 472 g/mol. The molecule has 3 aromatic heterocycles. The molecule has 28 heavy (non-hydrogen) atoms. The third-order valence-electron chi connectivity index (χ3n) is 4.51. The lowest BCUT2D eigenvalue weighted by Gasteiger charge is -2.12. The summed E-state index contributed by atoms with van der Waals surface area (Å²) < 4.78 is 29.0. The van der Waals surface area contributed by atoms with E-state index in [1.54, 1.807) is 13.0 Å². The second kappa shape index (κ2) is 7.03. The summed E-state index contributed by atoms with van der Waals surface area (Å²) in [4.78, 5) is 31.1. The highest BCUT2D eigenvalue weighted by Crippen LogP contribution is 2.45. The number of rotatable bonds is 5. The summed E-state index contributed by atoms with van der Waals surface area (Å²) >= 11 is 4.60. The Hall–Kier alpha value is -2.14. The van der Waals surface area contributed by atoms with Crippen LogP contribution in [0.4, 0.5) is 8.78 Å². The highest BCUT2D eigenvalue weighted by molar-refractivity contribution is 9.10. The van der Waals surface area contributed by atoms with Gasteiger partial charge < -0.3 is 0 Å². The Morgan fingerprint density at radius 2 is 2.14 bits per heavy atom. The number of thiophene rings is 1. The standard InChI is InChI=1S/C17H16BrF2N5O2S/c1-7-5-10-16(28-7)21-8(2)25(17(10)27)22-11(26)6-24-14(9-3-4-9)12(18)13(23-24)15(19)20/h5,9,15H,3-4,6H2,1-2H3,(H,22,26). The predicted octanol–water partition coefficient (Wildman–Crippen LogP) is 3.62. The van der Waals surface area contributed by atoms with Crippen LogP contribution in [0.3, 0.4) is 0 Å². The molecule has 0 radical (unpaired) electrons. The van der Waals surface area contributed by atoms with E-state index >= 15 is 0 Å². The van der Waals surface area contributed by atoms with Gasteiger partial charge in [-0.15, -0.1) is 11.3 Å². The maximum atomic E-state index is 13.2. The Balaban J connectivity index is 1.63. The number of fused-ring (bicyclic) bond motifs is 1. The van der Waals surface area contributed by atoms with Crippen LogP contribution in [0, 0.1) is 13.8 Å². The van der Waals surface area contributed by atoms with Crippen molar-refractivity contribution in [2.24, 2.45) is 0 Å². The molecular formula is C17H16BrF2N5O2S. The lowest BCUT2D eigenvalue weighted by atomic mass is 10.2. The van der Waals surface area contributed by atoms with Crippen molar-refractivity contribution in [3.05, 3.63) is 43.0 Å². The maximum absolute atomic E-state index is 13.2. The molecule has 1 N–H and O–H groups in total. The van der Waals surface area contributed by atoms with E-state index in [2.05, 4.69) is 31.4 Å². The summed E-state index contributed by atoms with van der Waals surface area (Å²) in [5, 5.41) is 4.33. The number of hydrogen-bond donors (Lipinski definition) is 1. The van der Waals surface area contributed by atoms with E-state index in [1.165, 1.54) is 16.0 Å². The van der Waals surface area contributed by atoms with Crippen LogP contribution in [0.25, 0.3) is 10.2 Å². The smallest absolute Gasteiger partial charge is 0.271 e. The van der Waals surface area contributed by atoms with Crippen LogP contribution in [-0.2, 0) is 11.3 Å². The zero-order chi connectivity index (χ0) is 20.2. The van der Waals surface area contributed by atoms with Crippen molar-refractivity contribution in [3.63, 3.8) is 0 Å². The van der Waals surface area contributed by atoms with Gasteiger partial charge in [0.15, 0.2) is 0 Å². The molecule has 1 fully saturated rings. The third-order valence-corrected chi connectivity index (χ3v) is 6.27. The van der Waals surface area contributed by atoms with Gasteiger partial charge >= 0.3 is 0 Å². The molecule has 11 heteroatoms. The summed E-state index contributed by atoms with van der Waals surface area (Å²) in [5.74, 6) is -0.0977. The summed E-state index contributed by atoms with van der Waals surface area (Å²) in [6, 6.07) is 1.72. The van der Waals surface area contributed by atoms with Crippen LogP contribution < -0.4 is 11.0 Å². The summed E-state index contributed by atoms with van der Waals surface area (Å²) in [5.41, 5.74) is 2.36. The fourth-order valence-electron chi connectivity index (χ4n) is 3.11. The van der Waals surface area contributed by atoms with Gasteiger partial charge in [-0.05, 0) is 48.7 Å². The van der Waals surface area contributed by atoms with E-state index in [1.807, 2.05) is 6.92 Å². The second-order valence-electron chi connectivity index (χ2n) is 6.73. The van der Waals surface area contributed by atoms with Crippen molar-refractivity contribution in [3.8, 4) is 0 Å². The summed E-state index contributed by atoms with van der Waals surface area (Å²) in [6.45, 7) is 3.22. The molecule has 1 saturated carbocycles. The van der Waals surface area contributed by atoms with Crippen LogP contribution in [0.15, 0.2) is 15.3 Å². The van der Waals surface area contributed by atoms with Crippen molar-refractivity contribution >= 4 is 43.4 Å². The van der Waals surface area contributed by atoms with Gasteiger partial charge in [-0.1, -0.05) is 0 Å². The number of alkyl halides is 2. The van der Waals surface area contributed by atoms with E-state index in [0.29, 0.717) is 21.7 Å². The van der Waals surface area contributed by atoms with Gasteiger partial charge in [0, 0.05) is 10.8 Å². The van der Waals surface area contributed by atoms with E-state index < -0.39 is 12.3 Å². The first-order valence-electron chi connectivity index (χ1n) is 8.60. The Morgan fingerprint density at radius 3 is 2.79 bits per heavy atom. The van der Waals surface area contributed by atoms with Gasteiger partial charge in [-0.2, -0.15) is 5.10 Å². The largest absolute Gasteiger partial charge is 0.283 e.